The molecule has 2 aromatic carbocycles. The van der Waals surface area contributed by atoms with E-state index in [1.165, 1.54) is 11.1 Å². The Balaban J connectivity index is 1.90. The highest BCUT2D eigenvalue weighted by Gasteiger charge is 2.13. The van der Waals surface area contributed by atoms with Crippen molar-refractivity contribution in [2.24, 2.45) is 21.0 Å². The summed E-state index contributed by atoms with van der Waals surface area (Å²) in [5, 5.41) is 12.0. The van der Waals surface area contributed by atoms with Crippen molar-refractivity contribution in [2.45, 2.75) is 52.4 Å². The monoisotopic (exact) mass is 377 g/mol. The summed E-state index contributed by atoms with van der Waals surface area (Å²) in [5.74, 6) is 0.130. The lowest BCUT2D eigenvalue weighted by Crippen LogP contribution is -2.26. The number of nitrogens with one attached hydrogen (secondary N) is 1. The van der Waals surface area contributed by atoms with Gasteiger partial charge in [-0.05, 0) is 33.1 Å². The van der Waals surface area contributed by atoms with Crippen LogP contribution < -0.4 is 11.2 Å². The number of rotatable bonds is 4. The summed E-state index contributed by atoms with van der Waals surface area (Å²) >= 11 is 0. The van der Waals surface area contributed by atoms with Crippen LogP contribution in [-0.4, -0.2) is 18.4 Å². The highest BCUT2D eigenvalue weighted by molar-refractivity contribution is 5.84. The third-order valence-electron chi connectivity index (χ3n) is 4.32. The minimum atomic E-state index is 0.130. The molecular weight excluding hydrogens is 346 g/mol. The Labute approximate surface area is 168 Å². The molecule has 0 aromatic heterocycles. The molecule has 5 heteroatoms. The van der Waals surface area contributed by atoms with E-state index in [-0.39, 0.29) is 16.8 Å². The molecule has 0 amide bonds. The first-order chi connectivity index (χ1) is 13.1. The molecule has 28 heavy (non-hydrogen) atoms. The molecule has 0 spiro atoms. The van der Waals surface area contributed by atoms with E-state index in [1.807, 2.05) is 24.3 Å². The van der Waals surface area contributed by atoms with Gasteiger partial charge >= 0.3 is 0 Å². The highest BCUT2D eigenvalue weighted by Crippen LogP contribution is 2.22. The van der Waals surface area contributed by atoms with Crippen molar-refractivity contribution in [1.29, 1.82) is 0 Å². The molecule has 0 bridgehead atoms. The molecule has 0 aliphatic carbocycles. The molecule has 5 nitrogen and oxygen atoms in total. The lowest BCUT2D eigenvalue weighted by Gasteiger charge is -2.18. The quantitative estimate of drug-likeness (QED) is 0.466. The Kier molecular flexibility index (Phi) is 6.73. The van der Waals surface area contributed by atoms with Gasteiger partial charge in [0.05, 0.1) is 12.4 Å². The zero-order chi connectivity index (χ0) is 20.8. The third-order valence-corrected chi connectivity index (χ3v) is 4.32. The molecule has 148 valence electrons. The zero-order valence-electron chi connectivity index (χ0n) is 17.7. The summed E-state index contributed by atoms with van der Waals surface area (Å²) in [7, 11) is 0. The lowest BCUT2D eigenvalue weighted by atomic mass is 9.87. The van der Waals surface area contributed by atoms with Gasteiger partial charge in [-0.15, -0.1) is 5.10 Å². The topological polar surface area (TPSA) is 75.1 Å². The van der Waals surface area contributed by atoms with Crippen LogP contribution in [0.15, 0.2) is 63.8 Å². The minimum Gasteiger partial charge on any atom is -0.367 e. The fourth-order valence-electron chi connectivity index (χ4n) is 2.49. The van der Waals surface area contributed by atoms with Gasteiger partial charge in [-0.3, -0.25) is 0 Å². The molecule has 0 radical (unpaired) electrons. The average Bonchev–Trinajstić information content (AvgIpc) is 2.61. The molecule has 0 unspecified atom stereocenters. The van der Waals surface area contributed by atoms with Crippen LogP contribution in [0.5, 0.6) is 0 Å². The Bertz CT molecular complexity index is 846. The van der Waals surface area contributed by atoms with Crippen LogP contribution in [0.2, 0.25) is 0 Å². The van der Waals surface area contributed by atoms with Crippen molar-refractivity contribution in [1.82, 2.24) is 5.43 Å². The van der Waals surface area contributed by atoms with E-state index < -0.39 is 0 Å². The van der Waals surface area contributed by atoms with E-state index in [0.717, 1.165) is 11.1 Å². The molecule has 2 aromatic rings. The van der Waals surface area contributed by atoms with Gasteiger partial charge in [0.1, 0.15) is 0 Å². The van der Waals surface area contributed by atoms with E-state index >= 15 is 0 Å². The number of nitrogens with zero attached hydrogens (tertiary/aromatic N) is 3. The van der Waals surface area contributed by atoms with Gasteiger partial charge in [0.25, 0.3) is 0 Å². The van der Waals surface area contributed by atoms with E-state index in [2.05, 4.69) is 86.5 Å². The summed E-state index contributed by atoms with van der Waals surface area (Å²) < 4.78 is 0. The number of guanidine groups is 1. The molecule has 3 N–H and O–H groups in total. The molecule has 0 atom stereocenters. The van der Waals surface area contributed by atoms with E-state index in [4.69, 9.17) is 5.73 Å². The maximum atomic E-state index is 5.78. The predicted octanol–water partition coefficient (Wildman–Crippen LogP) is 4.55. The van der Waals surface area contributed by atoms with Crippen molar-refractivity contribution in [3.05, 3.63) is 70.8 Å². The van der Waals surface area contributed by atoms with Crippen LogP contribution in [0.3, 0.4) is 0 Å². The fourth-order valence-corrected chi connectivity index (χ4v) is 2.49. The Morgan fingerprint density at radius 2 is 1.18 bits per heavy atom. The van der Waals surface area contributed by atoms with Crippen LogP contribution in [0.4, 0.5) is 0 Å². The molecule has 0 saturated carbocycles. The average molecular weight is 378 g/mol. The van der Waals surface area contributed by atoms with Crippen LogP contribution in [0, 0.1) is 0 Å². The number of benzene rings is 2. The van der Waals surface area contributed by atoms with Gasteiger partial charge in [-0.2, -0.15) is 10.2 Å². The van der Waals surface area contributed by atoms with Crippen LogP contribution in [-0.2, 0) is 10.8 Å². The van der Waals surface area contributed by atoms with Crippen LogP contribution >= 0.6 is 0 Å². The molecule has 0 aliphatic heterocycles. The first-order valence-electron chi connectivity index (χ1n) is 9.42. The van der Waals surface area contributed by atoms with Gasteiger partial charge in [-0.25, -0.2) is 5.43 Å². The Morgan fingerprint density at radius 3 is 1.61 bits per heavy atom. The van der Waals surface area contributed by atoms with Crippen LogP contribution in [0.1, 0.15) is 63.8 Å². The van der Waals surface area contributed by atoms with Gasteiger partial charge in [0, 0.05) is 0 Å². The SMILES string of the molecule is CC(C)(C)c1ccc(C=N/N=C(\N)NN=Cc2ccc(C(C)(C)C)cc2)cc1. The van der Waals surface area contributed by atoms with E-state index in [1.54, 1.807) is 12.4 Å². The largest absolute Gasteiger partial charge is 0.367 e. The fraction of sp³-hybridized carbons (Fsp3) is 0.348. The van der Waals surface area contributed by atoms with Crippen molar-refractivity contribution >= 4 is 18.4 Å². The predicted molar refractivity (Wildman–Crippen MR) is 120 cm³/mol. The Morgan fingerprint density at radius 1 is 0.750 bits per heavy atom. The number of hydrogen-bond donors (Lipinski definition) is 2. The first-order valence-corrected chi connectivity index (χ1v) is 9.42. The molecular formula is C23H31N5. The molecule has 0 fully saturated rings. The normalized spacial score (nSPS) is 13.4. The highest BCUT2D eigenvalue weighted by atomic mass is 15.4. The van der Waals surface area contributed by atoms with Gasteiger partial charge in [0.2, 0.25) is 5.96 Å². The van der Waals surface area contributed by atoms with Gasteiger partial charge in [0.15, 0.2) is 0 Å². The first kappa shape index (κ1) is 21.4. The second-order valence-corrected chi connectivity index (χ2v) is 8.84. The molecule has 0 aliphatic rings. The van der Waals surface area contributed by atoms with E-state index in [0.29, 0.717) is 0 Å². The maximum Gasteiger partial charge on any atom is 0.234 e. The standard InChI is InChI=1S/C23H31N5/c1-22(2,3)19-11-7-17(8-12-19)15-25-27-21(24)28-26-16-18-9-13-20(14-10-18)23(4,5)6/h7-16H,1-6H3,(H3,24,27,28). The van der Waals surface area contributed by atoms with Crippen LogP contribution in [0.25, 0.3) is 0 Å². The summed E-state index contributed by atoms with van der Waals surface area (Å²) in [4.78, 5) is 0. The van der Waals surface area contributed by atoms with Crippen molar-refractivity contribution in [2.75, 3.05) is 0 Å². The van der Waals surface area contributed by atoms with Crippen molar-refractivity contribution < 1.29 is 0 Å². The molecule has 0 saturated heterocycles. The third kappa shape index (κ3) is 6.65. The second-order valence-electron chi connectivity index (χ2n) is 8.84. The summed E-state index contributed by atoms with van der Waals surface area (Å²) in [5.41, 5.74) is 13.2. The summed E-state index contributed by atoms with van der Waals surface area (Å²) in [6.45, 7) is 13.1. The number of hydrazone groups is 1. The van der Waals surface area contributed by atoms with Gasteiger partial charge in [-0.1, -0.05) is 90.1 Å². The van der Waals surface area contributed by atoms with Gasteiger partial charge < -0.3 is 5.73 Å². The lowest BCUT2D eigenvalue weighted by molar-refractivity contribution is 0.590. The maximum absolute atomic E-state index is 5.78. The molecule has 2 rings (SSSR count). The minimum absolute atomic E-state index is 0.130. The molecule has 0 heterocycles. The number of hydrogen-bond acceptors (Lipinski definition) is 3. The van der Waals surface area contributed by atoms with Crippen molar-refractivity contribution in [3.8, 4) is 0 Å². The Hall–Kier alpha value is -2.95. The van der Waals surface area contributed by atoms with E-state index in [9.17, 15) is 0 Å². The summed E-state index contributed by atoms with van der Waals surface area (Å²) in [6.07, 6.45) is 3.36. The summed E-state index contributed by atoms with van der Waals surface area (Å²) in [6, 6.07) is 16.5. The zero-order valence-corrected chi connectivity index (χ0v) is 17.7. The smallest absolute Gasteiger partial charge is 0.234 e. The van der Waals surface area contributed by atoms with Crippen molar-refractivity contribution in [3.63, 3.8) is 0 Å². The number of nitrogens with two attached hydrogens (primary N) is 1. The second kappa shape index (κ2) is 8.83.